The molecule has 0 radical (unpaired) electrons. The molecule has 2 aromatic heterocycles. The number of aromatic nitrogens is 2. The van der Waals surface area contributed by atoms with Crippen molar-refractivity contribution in [1.29, 1.82) is 0 Å². The summed E-state index contributed by atoms with van der Waals surface area (Å²) in [5, 5.41) is 3.89. The highest BCUT2D eigenvalue weighted by atomic mass is 35.5. The van der Waals surface area contributed by atoms with Gasteiger partial charge in [0.25, 0.3) is 5.91 Å². The number of fused-ring (bicyclic) bond motifs is 1. The van der Waals surface area contributed by atoms with Crippen LogP contribution in [0.5, 0.6) is 0 Å². The van der Waals surface area contributed by atoms with Gasteiger partial charge in [-0.05, 0) is 51.1 Å². The number of H-pyrrole nitrogens is 1. The van der Waals surface area contributed by atoms with Crippen LogP contribution in [0.15, 0.2) is 48.8 Å². The first-order chi connectivity index (χ1) is 14.7. The highest BCUT2D eigenvalue weighted by molar-refractivity contribution is 6.30. The Morgan fingerprint density at radius 2 is 1.97 bits per heavy atom. The smallest absolute Gasteiger partial charge is 0.417 e. The Hall–Kier alpha value is -3.32. The number of nitrogens with one attached hydrogen (secondary N) is 2. The van der Waals surface area contributed by atoms with E-state index in [4.69, 9.17) is 16.3 Å². The molecule has 3 heterocycles. The van der Waals surface area contributed by atoms with E-state index < -0.39 is 17.6 Å². The Labute approximate surface area is 185 Å². The van der Waals surface area contributed by atoms with Crippen molar-refractivity contribution in [2.24, 2.45) is 0 Å². The van der Waals surface area contributed by atoms with Gasteiger partial charge in [0.1, 0.15) is 5.60 Å². The molecular formula is C23H23ClN4O3. The van der Waals surface area contributed by atoms with Crippen LogP contribution in [-0.2, 0) is 11.2 Å². The van der Waals surface area contributed by atoms with Crippen molar-refractivity contribution in [2.45, 2.75) is 32.8 Å². The lowest BCUT2D eigenvalue weighted by atomic mass is 10.0. The summed E-state index contributed by atoms with van der Waals surface area (Å²) in [4.78, 5) is 34.6. The van der Waals surface area contributed by atoms with Crippen LogP contribution in [0, 0.1) is 0 Å². The van der Waals surface area contributed by atoms with E-state index in [1.54, 1.807) is 45.3 Å². The molecule has 1 aliphatic rings. The monoisotopic (exact) mass is 438 g/mol. The molecule has 0 spiro atoms. The third-order valence-corrected chi connectivity index (χ3v) is 5.03. The summed E-state index contributed by atoms with van der Waals surface area (Å²) >= 11 is 6.15. The lowest BCUT2D eigenvalue weighted by Crippen LogP contribution is -2.44. The summed E-state index contributed by atoms with van der Waals surface area (Å²) < 4.78 is 5.44. The number of anilines is 2. The van der Waals surface area contributed by atoms with E-state index in [2.05, 4.69) is 15.3 Å². The summed E-state index contributed by atoms with van der Waals surface area (Å²) in [6.07, 6.45) is 3.22. The molecule has 31 heavy (non-hydrogen) atoms. The Morgan fingerprint density at radius 3 is 2.65 bits per heavy atom. The van der Waals surface area contributed by atoms with E-state index >= 15 is 0 Å². The SMILES string of the molecule is CC(C)(C)OC(=O)N1CCc2[nH]c(-c3ccncc3)c(Nc3cccc(Cl)c3)c2C1=O. The summed E-state index contributed by atoms with van der Waals surface area (Å²) in [5.74, 6) is -0.406. The minimum atomic E-state index is -0.695. The number of amides is 2. The molecule has 160 valence electrons. The van der Waals surface area contributed by atoms with E-state index in [1.807, 2.05) is 24.3 Å². The molecule has 0 unspecified atom stereocenters. The van der Waals surface area contributed by atoms with Gasteiger partial charge < -0.3 is 15.0 Å². The molecule has 2 N–H and O–H groups in total. The Morgan fingerprint density at radius 1 is 1.23 bits per heavy atom. The third-order valence-electron chi connectivity index (χ3n) is 4.80. The number of halogens is 1. The summed E-state index contributed by atoms with van der Waals surface area (Å²) in [6.45, 7) is 5.56. The number of ether oxygens (including phenoxy) is 1. The van der Waals surface area contributed by atoms with Gasteiger partial charge in [-0.3, -0.25) is 9.78 Å². The van der Waals surface area contributed by atoms with Crippen LogP contribution in [0.4, 0.5) is 16.2 Å². The largest absolute Gasteiger partial charge is 0.443 e. The maximum absolute atomic E-state index is 13.4. The number of carbonyl (C=O) groups is 2. The molecule has 1 aliphatic heterocycles. The van der Waals surface area contributed by atoms with Crippen LogP contribution < -0.4 is 5.32 Å². The molecule has 3 aromatic rings. The number of hydrogen-bond donors (Lipinski definition) is 2. The normalized spacial score (nSPS) is 13.7. The van der Waals surface area contributed by atoms with Gasteiger partial charge in [0.2, 0.25) is 0 Å². The molecule has 0 fully saturated rings. The van der Waals surface area contributed by atoms with E-state index in [1.165, 1.54) is 0 Å². The van der Waals surface area contributed by atoms with Crippen molar-refractivity contribution in [1.82, 2.24) is 14.9 Å². The van der Waals surface area contributed by atoms with Gasteiger partial charge in [-0.1, -0.05) is 17.7 Å². The molecule has 4 rings (SSSR count). The molecule has 2 amide bonds. The number of rotatable bonds is 3. The van der Waals surface area contributed by atoms with Crippen molar-refractivity contribution >= 4 is 35.0 Å². The summed E-state index contributed by atoms with van der Waals surface area (Å²) in [6, 6.07) is 11.0. The molecule has 1 aromatic carbocycles. The van der Waals surface area contributed by atoms with Crippen LogP contribution in [0.3, 0.4) is 0 Å². The Balaban J connectivity index is 1.78. The second kappa shape index (κ2) is 8.07. The minimum Gasteiger partial charge on any atom is -0.443 e. The van der Waals surface area contributed by atoms with Crippen molar-refractivity contribution in [2.75, 3.05) is 11.9 Å². The quantitative estimate of drug-likeness (QED) is 0.571. The van der Waals surface area contributed by atoms with E-state index in [0.29, 0.717) is 22.7 Å². The predicted molar refractivity (Wildman–Crippen MR) is 120 cm³/mol. The maximum Gasteiger partial charge on any atom is 0.417 e. The van der Waals surface area contributed by atoms with Gasteiger partial charge in [0.15, 0.2) is 0 Å². The van der Waals surface area contributed by atoms with Gasteiger partial charge in [-0.2, -0.15) is 0 Å². The first kappa shape index (κ1) is 20.9. The summed E-state index contributed by atoms with van der Waals surface area (Å²) in [5.41, 5.74) is 3.41. The number of nitrogens with zero attached hydrogens (tertiary/aromatic N) is 2. The van der Waals surface area contributed by atoms with E-state index in [0.717, 1.165) is 27.5 Å². The highest BCUT2D eigenvalue weighted by Gasteiger charge is 2.36. The predicted octanol–water partition coefficient (Wildman–Crippen LogP) is 5.41. The molecule has 0 aliphatic carbocycles. The third kappa shape index (κ3) is 4.41. The number of carbonyl (C=O) groups excluding carboxylic acids is 2. The van der Waals surface area contributed by atoms with Gasteiger partial charge in [0.05, 0.1) is 16.9 Å². The Kier molecular flexibility index (Phi) is 5.45. The molecule has 8 heteroatoms. The highest BCUT2D eigenvalue weighted by Crippen LogP contribution is 2.38. The average Bonchev–Trinajstić information content (AvgIpc) is 3.07. The fourth-order valence-electron chi connectivity index (χ4n) is 3.50. The molecule has 0 bridgehead atoms. The standard InChI is InChI=1S/C23H23ClN4O3/c1-23(2,3)31-22(30)28-12-9-17-18(21(28)29)20(26-16-6-4-5-15(24)13-16)19(27-17)14-7-10-25-11-8-14/h4-8,10-11,13,26-27H,9,12H2,1-3H3. The average molecular weight is 439 g/mol. The topological polar surface area (TPSA) is 87.3 Å². The van der Waals surface area contributed by atoms with Gasteiger partial charge in [0, 0.05) is 47.3 Å². The van der Waals surface area contributed by atoms with Gasteiger partial charge in [-0.15, -0.1) is 0 Å². The lowest BCUT2D eigenvalue weighted by Gasteiger charge is -2.29. The van der Waals surface area contributed by atoms with Crippen molar-refractivity contribution in [3.63, 3.8) is 0 Å². The molecule has 0 saturated carbocycles. The Bertz CT molecular complexity index is 1140. The van der Waals surface area contributed by atoms with Crippen molar-refractivity contribution in [3.8, 4) is 11.3 Å². The van der Waals surface area contributed by atoms with Crippen LogP contribution in [0.2, 0.25) is 5.02 Å². The molecular weight excluding hydrogens is 416 g/mol. The maximum atomic E-state index is 13.4. The van der Waals surface area contributed by atoms with E-state index in [-0.39, 0.29) is 6.54 Å². The van der Waals surface area contributed by atoms with Crippen molar-refractivity contribution < 1.29 is 14.3 Å². The summed E-state index contributed by atoms with van der Waals surface area (Å²) in [7, 11) is 0. The second-order valence-corrected chi connectivity index (χ2v) is 8.72. The zero-order chi connectivity index (χ0) is 22.2. The number of hydrogen-bond acceptors (Lipinski definition) is 5. The van der Waals surface area contributed by atoms with Crippen LogP contribution in [0.25, 0.3) is 11.3 Å². The number of pyridine rings is 1. The van der Waals surface area contributed by atoms with Crippen LogP contribution >= 0.6 is 11.6 Å². The second-order valence-electron chi connectivity index (χ2n) is 8.29. The number of aromatic amines is 1. The number of benzene rings is 1. The minimum absolute atomic E-state index is 0.244. The first-order valence-corrected chi connectivity index (χ1v) is 10.3. The zero-order valence-electron chi connectivity index (χ0n) is 17.5. The number of imide groups is 1. The molecule has 0 atom stereocenters. The van der Waals surface area contributed by atoms with Gasteiger partial charge in [-0.25, -0.2) is 9.69 Å². The van der Waals surface area contributed by atoms with Crippen LogP contribution in [-0.4, -0.2) is 39.0 Å². The van der Waals surface area contributed by atoms with Crippen molar-refractivity contribution in [3.05, 3.63) is 65.1 Å². The fraction of sp³-hybridized carbons (Fsp3) is 0.261. The fourth-order valence-corrected chi connectivity index (χ4v) is 3.69. The van der Waals surface area contributed by atoms with E-state index in [9.17, 15) is 9.59 Å². The van der Waals surface area contributed by atoms with Crippen LogP contribution in [0.1, 0.15) is 36.8 Å². The first-order valence-electron chi connectivity index (χ1n) is 9.95. The van der Waals surface area contributed by atoms with Gasteiger partial charge >= 0.3 is 6.09 Å². The molecule has 7 nitrogen and oxygen atoms in total. The lowest BCUT2D eigenvalue weighted by molar-refractivity contribution is 0.0233. The zero-order valence-corrected chi connectivity index (χ0v) is 18.3. The molecule has 0 saturated heterocycles.